The first-order valence-corrected chi connectivity index (χ1v) is 22.0. The average molecular weight is 816 g/mol. The van der Waals surface area contributed by atoms with Gasteiger partial charge in [0.05, 0.1) is 5.41 Å². The van der Waals surface area contributed by atoms with Crippen molar-refractivity contribution in [3.63, 3.8) is 0 Å². The number of benzene rings is 10. The van der Waals surface area contributed by atoms with Crippen molar-refractivity contribution in [1.29, 1.82) is 0 Å². The zero-order valence-corrected chi connectivity index (χ0v) is 34.6. The topological polar surface area (TPSA) is 25.6 Å². The molecule has 0 amide bonds. The first kappa shape index (κ1) is 35.2. The highest BCUT2D eigenvalue weighted by Crippen LogP contribution is 2.63. The van der Waals surface area contributed by atoms with E-state index in [0.29, 0.717) is 0 Å². The van der Waals surface area contributed by atoms with Gasteiger partial charge in [-0.25, -0.2) is 0 Å². The summed E-state index contributed by atoms with van der Waals surface area (Å²) in [5, 5.41) is 2.26. The zero-order valence-electron chi connectivity index (χ0n) is 34.6. The molecule has 64 heavy (non-hydrogen) atoms. The summed E-state index contributed by atoms with van der Waals surface area (Å²) in [6.45, 7) is 0. The maximum absolute atomic E-state index is 6.92. The Hall–Kier alpha value is -8.40. The molecule has 0 N–H and O–H groups in total. The van der Waals surface area contributed by atoms with Crippen LogP contribution < -0.4 is 9.64 Å². The van der Waals surface area contributed by atoms with Crippen LogP contribution in [-0.2, 0) is 5.41 Å². The van der Waals surface area contributed by atoms with Gasteiger partial charge >= 0.3 is 0 Å². The highest BCUT2D eigenvalue weighted by atomic mass is 16.5. The van der Waals surface area contributed by atoms with E-state index in [-0.39, 0.29) is 0 Å². The van der Waals surface area contributed by atoms with Crippen molar-refractivity contribution in [1.82, 2.24) is 0 Å². The van der Waals surface area contributed by atoms with Crippen molar-refractivity contribution in [2.24, 2.45) is 0 Å². The third kappa shape index (κ3) is 4.76. The fourth-order valence-electron chi connectivity index (χ4n) is 11.3. The Morgan fingerprint density at radius 3 is 1.59 bits per heavy atom. The number of ether oxygens (including phenoxy) is 1. The molecule has 0 saturated heterocycles. The Balaban J connectivity index is 1.09. The predicted octanol–water partition coefficient (Wildman–Crippen LogP) is 16.5. The molecule has 1 aliphatic heterocycles. The molecule has 1 unspecified atom stereocenters. The van der Waals surface area contributed by atoms with E-state index in [2.05, 4.69) is 217 Å². The molecule has 2 aliphatic carbocycles. The summed E-state index contributed by atoms with van der Waals surface area (Å²) < 4.78 is 13.5. The van der Waals surface area contributed by atoms with E-state index in [4.69, 9.17) is 9.15 Å². The van der Waals surface area contributed by atoms with Gasteiger partial charge < -0.3 is 14.1 Å². The standard InChI is InChI=1S/C61H37NO2/c1-2-16-38(17-3-1)62(39-30-32-43-46-21-8-13-27-56(46)63-57-28-14-10-23-48(57)51(43)36-39)40-31-33-45-42-19-5-4-18-41(42)44-20-6-11-25-52(44)61(55(45)37-40)53-26-12-7-24-50(53)59-54(61)35-34-49-47-22-9-15-29-58(47)64-60(49)59/h1-37H. The van der Waals surface area contributed by atoms with Crippen molar-refractivity contribution in [2.75, 3.05) is 4.90 Å². The molecule has 3 nitrogen and oxygen atoms in total. The van der Waals surface area contributed by atoms with Crippen molar-refractivity contribution in [2.45, 2.75) is 5.41 Å². The van der Waals surface area contributed by atoms with E-state index in [0.717, 1.165) is 78.3 Å². The molecule has 2 heterocycles. The van der Waals surface area contributed by atoms with Gasteiger partial charge in [-0.05, 0) is 116 Å². The summed E-state index contributed by atoms with van der Waals surface area (Å²) >= 11 is 0. The normalized spacial score (nSPS) is 14.8. The second-order valence-corrected chi connectivity index (χ2v) is 17.1. The second-order valence-electron chi connectivity index (χ2n) is 17.1. The number of para-hydroxylation sites is 4. The molecule has 1 spiro atoms. The lowest BCUT2D eigenvalue weighted by Gasteiger charge is -2.36. The van der Waals surface area contributed by atoms with E-state index in [9.17, 15) is 0 Å². The second kappa shape index (κ2) is 13.3. The fourth-order valence-corrected chi connectivity index (χ4v) is 11.3. The molecule has 298 valence electrons. The van der Waals surface area contributed by atoms with Crippen LogP contribution in [0.25, 0.3) is 77.6 Å². The predicted molar refractivity (Wildman–Crippen MR) is 261 cm³/mol. The lowest BCUT2D eigenvalue weighted by atomic mass is 9.65. The molecule has 11 aromatic rings. The number of anilines is 3. The SMILES string of the molecule is c1ccc(N(c2ccc3c(c2)-c2ccccc2Oc2ccccc2-3)c2ccc3c(c2)C2(c4ccccc4-c4ccccc4-3)c3ccccc3-c3c2ccc2c3oc3ccccc32)cc1. The summed E-state index contributed by atoms with van der Waals surface area (Å²) in [7, 11) is 0. The van der Waals surface area contributed by atoms with Crippen LogP contribution in [0.2, 0.25) is 0 Å². The Bertz CT molecular complexity index is 3730. The van der Waals surface area contributed by atoms with Gasteiger partial charge in [0.2, 0.25) is 0 Å². The van der Waals surface area contributed by atoms with Crippen molar-refractivity contribution in [3.05, 3.63) is 247 Å². The lowest BCUT2D eigenvalue weighted by Crippen LogP contribution is -2.29. The number of nitrogens with zero attached hydrogens (tertiary/aromatic N) is 1. The summed E-state index contributed by atoms with van der Waals surface area (Å²) in [4.78, 5) is 2.42. The van der Waals surface area contributed by atoms with E-state index in [1.54, 1.807) is 0 Å². The molecule has 0 fully saturated rings. The van der Waals surface area contributed by atoms with Crippen LogP contribution in [0.1, 0.15) is 22.3 Å². The Labute approximate surface area is 370 Å². The molecule has 0 radical (unpaired) electrons. The maximum Gasteiger partial charge on any atom is 0.143 e. The molecular weight excluding hydrogens is 779 g/mol. The Kier molecular flexibility index (Phi) is 7.32. The quantitative estimate of drug-likeness (QED) is 0.178. The average Bonchev–Trinajstić information content (AvgIpc) is 3.80. The van der Waals surface area contributed by atoms with Crippen LogP contribution in [0, 0.1) is 0 Å². The summed E-state index contributed by atoms with van der Waals surface area (Å²) in [6, 6.07) is 81.7. The molecule has 0 bridgehead atoms. The van der Waals surface area contributed by atoms with E-state index in [1.165, 1.54) is 50.1 Å². The minimum Gasteiger partial charge on any atom is -0.456 e. The minimum atomic E-state index is -0.698. The lowest BCUT2D eigenvalue weighted by molar-refractivity contribution is 0.488. The van der Waals surface area contributed by atoms with Crippen LogP contribution in [0.4, 0.5) is 17.1 Å². The van der Waals surface area contributed by atoms with Crippen LogP contribution in [-0.4, -0.2) is 0 Å². The molecule has 1 atom stereocenters. The van der Waals surface area contributed by atoms with Gasteiger partial charge in [0.1, 0.15) is 22.7 Å². The first-order chi connectivity index (χ1) is 31.8. The third-order valence-electron chi connectivity index (χ3n) is 13.9. The van der Waals surface area contributed by atoms with Gasteiger partial charge in [-0.1, -0.05) is 170 Å². The molecular formula is C61H37NO2. The van der Waals surface area contributed by atoms with Gasteiger partial charge in [0.25, 0.3) is 0 Å². The van der Waals surface area contributed by atoms with Crippen LogP contribution in [0.3, 0.4) is 0 Å². The number of furan rings is 1. The van der Waals surface area contributed by atoms with E-state index in [1.807, 2.05) is 12.1 Å². The number of rotatable bonds is 3. The Morgan fingerprint density at radius 2 is 0.844 bits per heavy atom. The van der Waals surface area contributed by atoms with Gasteiger partial charge in [-0.15, -0.1) is 0 Å². The van der Waals surface area contributed by atoms with Crippen LogP contribution in [0.15, 0.2) is 229 Å². The zero-order chi connectivity index (χ0) is 41.9. The monoisotopic (exact) mass is 815 g/mol. The largest absolute Gasteiger partial charge is 0.456 e. The first-order valence-electron chi connectivity index (χ1n) is 22.0. The molecule has 14 rings (SSSR count). The summed E-state index contributed by atoms with van der Waals surface area (Å²) in [6.07, 6.45) is 0. The molecule has 3 heteroatoms. The summed E-state index contributed by atoms with van der Waals surface area (Å²) in [5.41, 5.74) is 20.9. The van der Waals surface area contributed by atoms with Gasteiger partial charge in [-0.3, -0.25) is 0 Å². The van der Waals surface area contributed by atoms with Crippen molar-refractivity contribution in [3.8, 4) is 67.1 Å². The Morgan fingerprint density at radius 1 is 0.312 bits per heavy atom. The van der Waals surface area contributed by atoms with Gasteiger partial charge in [-0.2, -0.15) is 0 Å². The maximum atomic E-state index is 6.92. The molecule has 10 aromatic carbocycles. The van der Waals surface area contributed by atoms with Crippen molar-refractivity contribution >= 4 is 39.0 Å². The minimum absolute atomic E-state index is 0.698. The number of hydrogen-bond acceptors (Lipinski definition) is 3. The van der Waals surface area contributed by atoms with Crippen molar-refractivity contribution < 1.29 is 9.15 Å². The van der Waals surface area contributed by atoms with Crippen LogP contribution in [0.5, 0.6) is 11.5 Å². The highest BCUT2D eigenvalue weighted by molar-refractivity contribution is 6.13. The van der Waals surface area contributed by atoms with Gasteiger partial charge in [0.15, 0.2) is 0 Å². The van der Waals surface area contributed by atoms with Gasteiger partial charge in [0, 0.05) is 44.5 Å². The summed E-state index contributed by atoms with van der Waals surface area (Å²) in [5.74, 6) is 1.70. The smallest absolute Gasteiger partial charge is 0.143 e. The van der Waals surface area contributed by atoms with E-state index < -0.39 is 5.41 Å². The number of fused-ring (bicyclic) bond motifs is 21. The molecule has 0 saturated carbocycles. The molecule has 3 aliphatic rings. The molecule has 1 aromatic heterocycles. The van der Waals surface area contributed by atoms with Crippen LogP contribution >= 0.6 is 0 Å². The highest BCUT2D eigenvalue weighted by Gasteiger charge is 2.51. The third-order valence-corrected chi connectivity index (χ3v) is 13.9. The van der Waals surface area contributed by atoms with E-state index >= 15 is 0 Å². The fraction of sp³-hybridized carbons (Fsp3) is 0.0164. The number of hydrogen-bond donors (Lipinski definition) is 0.